The number of aromatic nitrogens is 3. The molecule has 23 heavy (non-hydrogen) atoms. The Morgan fingerprint density at radius 3 is 2.74 bits per heavy atom. The third kappa shape index (κ3) is 3.17. The van der Waals surface area contributed by atoms with Crippen molar-refractivity contribution < 1.29 is 5.11 Å². The van der Waals surface area contributed by atoms with Gasteiger partial charge in [0.05, 0.1) is 6.10 Å². The van der Waals surface area contributed by atoms with Crippen LogP contribution in [0.5, 0.6) is 0 Å². The van der Waals surface area contributed by atoms with Gasteiger partial charge in [0.25, 0.3) is 0 Å². The molecule has 2 aromatic heterocycles. The molecule has 0 spiro atoms. The Hall–Kier alpha value is -2.46. The van der Waals surface area contributed by atoms with Gasteiger partial charge in [-0.3, -0.25) is 0 Å². The Balaban J connectivity index is 1.99. The molecule has 0 amide bonds. The number of hydrogen-bond acceptors (Lipinski definition) is 7. The van der Waals surface area contributed by atoms with E-state index in [4.69, 9.17) is 5.26 Å². The van der Waals surface area contributed by atoms with Crippen LogP contribution < -0.4 is 10.6 Å². The number of nitrogens with zero attached hydrogens (tertiary/aromatic N) is 4. The van der Waals surface area contributed by atoms with Gasteiger partial charge in [0, 0.05) is 23.2 Å². The fraction of sp³-hybridized carbons (Fsp3) is 0.500. The van der Waals surface area contributed by atoms with Crippen molar-refractivity contribution in [1.82, 2.24) is 15.0 Å². The van der Waals surface area contributed by atoms with E-state index in [2.05, 4.69) is 31.7 Å². The van der Waals surface area contributed by atoms with Crippen molar-refractivity contribution in [2.45, 2.75) is 51.3 Å². The van der Waals surface area contributed by atoms with Gasteiger partial charge in [-0.2, -0.15) is 5.26 Å². The number of pyridine rings is 1. The average Bonchev–Trinajstić information content (AvgIpc) is 2.45. The van der Waals surface area contributed by atoms with Crippen LogP contribution in [0.15, 0.2) is 12.3 Å². The molecule has 0 aliphatic heterocycles. The van der Waals surface area contributed by atoms with Crippen molar-refractivity contribution >= 4 is 22.7 Å². The zero-order valence-electron chi connectivity index (χ0n) is 13.5. The lowest BCUT2D eigenvalue weighted by Gasteiger charge is -2.43. The van der Waals surface area contributed by atoms with E-state index in [0.29, 0.717) is 35.8 Å². The first-order valence-electron chi connectivity index (χ1n) is 7.69. The van der Waals surface area contributed by atoms with E-state index in [0.717, 1.165) is 5.39 Å². The van der Waals surface area contributed by atoms with E-state index in [1.807, 2.05) is 20.8 Å². The molecule has 0 radical (unpaired) electrons. The van der Waals surface area contributed by atoms with Gasteiger partial charge >= 0.3 is 0 Å². The van der Waals surface area contributed by atoms with Crippen LogP contribution in [0.25, 0.3) is 10.9 Å². The first-order chi connectivity index (χ1) is 10.9. The molecular formula is C16H20N6O. The smallest absolute Gasteiger partial charge is 0.223 e. The number of aliphatic hydroxyl groups excluding tert-OH is 1. The highest BCUT2D eigenvalue weighted by Gasteiger charge is 2.39. The fourth-order valence-corrected chi connectivity index (χ4v) is 2.88. The number of anilines is 2. The predicted molar refractivity (Wildman–Crippen MR) is 88.1 cm³/mol. The maximum absolute atomic E-state index is 9.50. The lowest BCUT2D eigenvalue weighted by molar-refractivity contribution is 0.0419. The number of fused-ring (bicyclic) bond motifs is 1. The maximum atomic E-state index is 9.50. The van der Waals surface area contributed by atoms with Crippen molar-refractivity contribution in [2.24, 2.45) is 0 Å². The quantitative estimate of drug-likeness (QED) is 0.793. The van der Waals surface area contributed by atoms with Crippen molar-refractivity contribution in [1.29, 1.82) is 5.26 Å². The van der Waals surface area contributed by atoms with Crippen LogP contribution in [0.1, 0.15) is 39.3 Å². The summed E-state index contributed by atoms with van der Waals surface area (Å²) in [7, 11) is 0. The van der Waals surface area contributed by atoms with Crippen LogP contribution in [-0.2, 0) is 0 Å². The summed E-state index contributed by atoms with van der Waals surface area (Å²) in [5.41, 5.74) is 0.830. The van der Waals surface area contributed by atoms with Gasteiger partial charge in [-0.05, 0) is 39.7 Å². The first kappa shape index (κ1) is 15.4. The van der Waals surface area contributed by atoms with E-state index in [1.54, 1.807) is 12.3 Å². The third-order valence-corrected chi connectivity index (χ3v) is 3.89. The van der Waals surface area contributed by atoms with E-state index in [-0.39, 0.29) is 17.7 Å². The Morgan fingerprint density at radius 1 is 1.39 bits per heavy atom. The molecule has 1 fully saturated rings. The van der Waals surface area contributed by atoms with Gasteiger partial charge in [-0.15, -0.1) is 0 Å². The highest BCUT2D eigenvalue weighted by molar-refractivity contribution is 5.89. The molecule has 0 atom stereocenters. The molecule has 2 aromatic rings. The summed E-state index contributed by atoms with van der Waals surface area (Å²) in [6.45, 7) is 6.05. The first-order valence-corrected chi connectivity index (χ1v) is 7.69. The summed E-state index contributed by atoms with van der Waals surface area (Å²) < 4.78 is 0. The minimum atomic E-state index is -0.258. The molecule has 120 valence electrons. The van der Waals surface area contributed by atoms with Crippen molar-refractivity contribution in [2.75, 3.05) is 10.6 Å². The lowest BCUT2D eigenvalue weighted by Crippen LogP contribution is -2.50. The average molecular weight is 312 g/mol. The molecule has 3 N–H and O–H groups in total. The second kappa shape index (κ2) is 5.63. The van der Waals surface area contributed by atoms with Crippen molar-refractivity contribution in [3.05, 3.63) is 18.0 Å². The summed E-state index contributed by atoms with van der Waals surface area (Å²) in [6.07, 6.45) is 2.79. The monoisotopic (exact) mass is 312 g/mol. The van der Waals surface area contributed by atoms with Gasteiger partial charge in [0.2, 0.25) is 5.95 Å². The number of aliphatic hydroxyl groups is 1. The summed E-state index contributed by atoms with van der Waals surface area (Å²) in [4.78, 5) is 13.2. The number of hydrogen-bond donors (Lipinski definition) is 3. The molecule has 0 bridgehead atoms. The lowest BCUT2D eigenvalue weighted by atomic mass is 9.76. The molecule has 1 aliphatic carbocycles. The van der Waals surface area contributed by atoms with Gasteiger partial charge in [-0.25, -0.2) is 15.0 Å². The molecule has 0 saturated heterocycles. The number of rotatable bonds is 4. The molecule has 1 saturated carbocycles. The van der Waals surface area contributed by atoms with E-state index in [1.165, 1.54) is 0 Å². The molecular weight excluding hydrogens is 292 g/mol. The van der Waals surface area contributed by atoms with Gasteiger partial charge < -0.3 is 15.7 Å². The SMILES string of the molecule is CC(C)Nc1nc(C#N)cc2cnc(N[C@]3(C)C[C@@H](O)C3)nc12. The Morgan fingerprint density at radius 2 is 2.13 bits per heavy atom. The summed E-state index contributed by atoms with van der Waals surface area (Å²) in [5, 5.41) is 25.9. The van der Waals surface area contributed by atoms with Crippen LogP contribution in [0.4, 0.5) is 11.8 Å². The summed E-state index contributed by atoms with van der Waals surface area (Å²) in [5.74, 6) is 1.09. The molecule has 3 rings (SSSR count). The van der Waals surface area contributed by atoms with Crippen molar-refractivity contribution in [3.8, 4) is 6.07 Å². The standard InChI is InChI=1S/C16H20N6O/c1-9(2)19-14-13-10(4-11(7-17)20-14)8-18-15(21-13)22-16(3)5-12(23)6-16/h4,8-9,12,23H,5-6H2,1-3H3,(H,19,20)(H,18,21,22)/t12-,16-. The minimum Gasteiger partial charge on any atom is -0.393 e. The predicted octanol–water partition coefficient (Wildman–Crippen LogP) is 2.04. The van der Waals surface area contributed by atoms with Crippen LogP contribution in [0, 0.1) is 11.3 Å². The number of nitrogens with one attached hydrogen (secondary N) is 2. The fourth-order valence-electron chi connectivity index (χ4n) is 2.88. The van der Waals surface area contributed by atoms with Crippen LogP contribution >= 0.6 is 0 Å². The normalized spacial score (nSPS) is 23.4. The third-order valence-electron chi connectivity index (χ3n) is 3.89. The van der Waals surface area contributed by atoms with Gasteiger partial charge in [0.1, 0.15) is 17.3 Å². The van der Waals surface area contributed by atoms with Gasteiger partial charge in [-0.1, -0.05) is 0 Å². The topological polar surface area (TPSA) is 107 Å². The summed E-state index contributed by atoms with van der Waals surface area (Å²) >= 11 is 0. The van der Waals surface area contributed by atoms with Crippen molar-refractivity contribution in [3.63, 3.8) is 0 Å². The minimum absolute atomic E-state index is 0.172. The molecule has 7 nitrogen and oxygen atoms in total. The van der Waals surface area contributed by atoms with Gasteiger partial charge in [0.15, 0.2) is 5.82 Å². The Kier molecular flexibility index (Phi) is 3.78. The molecule has 2 heterocycles. The van der Waals surface area contributed by atoms with Crippen LogP contribution in [0.2, 0.25) is 0 Å². The highest BCUT2D eigenvalue weighted by atomic mass is 16.3. The van der Waals surface area contributed by atoms with Crippen LogP contribution in [-0.4, -0.2) is 37.7 Å². The van der Waals surface area contributed by atoms with E-state index >= 15 is 0 Å². The molecule has 0 aromatic carbocycles. The van der Waals surface area contributed by atoms with Crippen LogP contribution in [0.3, 0.4) is 0 Å². The number of nitriles is 1. The summed E-state index contributed by atoms with van der Waals surface area (Å²) in [6, 6.07) is 3.91. The molecule has 1 aliphatic rings. The van der Waals surface area contributed by atoms with E-state index < -0.39 is 0 Å². The Bertz CT molecular complexity index is 776. The molecule has 0 unspecified atom stereocenters. The largest absolute Gasteiger partial charge is 0.393 e. The maximum Gasteiger partial charge on any atom is 0.223 e. The Labute approximate surface area is 134 Å². The second-order valence-electron chi connectivity index (χ2n) is 6.65. The second-order valence-corrected chi connectivity index (χ2v) is 6.65. The zero-order valence-corrected chi connectivity index (χ0v) is 13.5. The highest BCUT2D eigenvalue weighted by Crippen LogP contribution is 2.34. The zero-order chi connectivity index (χ0) is 16.6. The molecule has 7 heteroatoms. The van der Waals surface area contributed by atoms with E-state index in [9.17, 15) is 5.11 Å².